The van der Waals surface area contributed by atoms with Crippen LogP contribution in [0.4, 0.5) is 4.79 Å². The second-order valence-corrected chi connectivity index (χ2v) is 4.51. The molecule has 1 aromatic carbocycles. The van der Waals surface area contributed by atoms with Crippen LogP contribution in [-0.2, 0) is 20.9 Å². The van der Waals surface area contributed by atoms with Crippen LogP contribution in [0, 0.1) is 0 Å². The van der Waals surface area contributed by atoms with Gasteiger partial charge in [-0.1, -0.05) is 30.3 Å². The van der Waals surface area contributed by atoms with Crippen LogP contribution >= 0.6 is 0 Å². The van der Waals surface area contributed by atoms with Crippen LogP contribution in [0.25, 0.3) is 0 Å². The fourth-order valence-electron chi connectivity index (χ4n) is 2.09. The summed E-state index contributed by atoms with van der Waals surface area (Å²) in [5.74, 6) is 0. The lowest BCUT2D eigenvalue weighted by molar-refractivity contribution is -0.135. The number of epoxide rings is 1. The van der Waals surface area contributed by atoms with Gasteiger partial charge in [-0.05, 0) is 12.0 Å². The minimum atomic E-state index is -0.655. The number of fused-ring (bicyclic) bond motifs is 1. The van der Waals surface area contributed by atoms with Gasteiger partial charge in [-0.3, -0.25) is 0 Å². The summed E-state index contributed by atoms with van der Waals surface area (Å²) in [5, 5.41) is 1.61. The molecule has 5 heteroatoms. The summed E-state index contributed by atoms with van der Waals surface area (Å²) in [6.45, 7) is 1.59. The van der Waals surface area contributed by atoms with Gasteiger partial charge in [0.2, 0.25) is 0 Å². The summed E-state index contributed by atoms with van der Waals surface area (Å²) in [6, 6.07) is 9.52. The maximum absolute atomic E-state index is 11.5. The third kappa shape index (κ3) is 2.80. The molecule has 3 rings (SSSR count). The van der Waals surface area contributed by atoms with E-state index in [1.54, 1.807) is 5.06 Å². The highest BCUT2D eigenvalue weighted by Crippen LogP contribution is 2.30. The summed E-state index contributed by atoms with van der Waals surface area (Å²) in [6.07, 6.45) is 0.875. The van der Waals surface area contributed by atoms with E-state index in [4.69, 9.17) is 14.3 Å². The lowest BCUT2D eigenvalue weighted by Crippen LogP contribution is -2.36. The van der Waals surface area contributed by atoms with Gasteiger partial charge in [0, 0.05) is 6.54 Å². The van der Waals surface area contributed by atoms with E-state index in [9.17, 15) is 4.79 Å². The molecule has 2 aliphatic heterocycles. The Kier molecular flexibility index (Phi) is 3.17. The molecule has 0 aromatic heterocycles. The van der Waals surface area contributed by atoms with E-state index in [1.807, 2.05) is 30.3 Å². The highest BCUT2D eigenvalue weighted by molar-refractivity contribution is 5.59. The smallest absolute Gasteiger partial charge is 0.428 e. The molecular formula is C13H15NO4. The number of rotatable bonds is 3. The molecule has 18 heavy (non-hydrogen) atoms. The van der Waals surface area contributed by atoms with Crippen molar-refractivity contribution in [3.8, 4) is 0 Å². The normalized spacial score (nSPS) is 26.2. The van der Waals surface area contributed by atoms with Crippen molar-refractivity contribution in [1.29, 1.82) is 0 Å². The zero-order valence-electron chi connectivity index (χ0n) is 9.95. The fourth-order valence-corrected chi connectivity index (χ4v) is 2.09. The van der Waals surface area contributed by atoms with Crippen molar-refractivity contribution in [2.45, 2.75) is 25.2 Å². The van der Waals surface area contributed by atoms with Crippen LogP contribution in [-0.4, -0.2) is 36.5 Å². The highest BCUT2D eigenvalue weighted by atomic mass is 16.8. The fraction of sp³-hybridized carbons (Fsp3) is 0.462. The zero-order chi connectivity index (χ0) is 12.4. The van der Waals surface area contributed by atoms with Crippen molar-refractivity contribution in [2.24, 2.45) is 0 Å². The van der Waals surface area contributed by atoms with E-state index in [-0.39, 0.29) is 12.7 Å². The molecule has 0 radical (unpaired) electrons. The van der Waals surface area contributed by atoms with Gasteiger partial charge in [0.25, 0.3) is 0 Å². The predicted octanol–water partition coefficient (Wildman–Crippen LogP) is 1.73. The molecular weight excluding hydrogens is 234 g/mol. The summed E-state index contributed by atoms with van der Waals surface area (Å²) < 4.78 is 10.4. The Balaban J connectivity index is 1.41. The minimum absolute atomic E-state index is 0.232. The van der Waals surface area contributed by atoms with Gasteiger partial charge < -0.3 is 14.3 Å². The van der Waals surface area contributed by atoms with Crippen LogP contribution in [0.1, 0.15) is 12.0 Å². The Hall–Kier alpha value is -1.59. The number of carbonyl (C=O) groups is 1. The number of benzene rings is 1. The Labute approximate surface area is 105 Å². The topological polar surface area (TPSA) is 51.3 Å². The van der Waals surface area contributed by atoms with Crippen LogP contribution in [0.15, 0.2) is 30.3 Å². The van der Waals surface area contributed by atoms with Gasteiger partial charge in [-0.25, -0.2) is 4.79 Å². The molecule has 1 aromatic rings. The van der Waals surface area contributed by atoms with Gasteiger partial charge in [-0.15, -0.1) is 5.06 Å². The molecule has 2 aliphatic rings. The van der Waals surface area contributed by atoms with Gasteiger partial charge in [0.15, 0.2) is 0 Å². The second-order valence-electron chi connectivity index (χ2n) is 4.51. The maximum atomic E-state index is 11.5. The standard InChI is InChI=1S/C13H15NO4/c15-13(16-9-10-4-2-1-3-5-10)18-14-7-6-11-12(8-14)17-11/h1-5,11-12H,6-9H2. The van der Waals surface area contributed by atoms with Gasteiger partial charge in [0.1, 0.15) is 12.7 Å². The summed E-state index contributed by atoms with van der Waals surface area (Å²) in [7, 11) is 0. The van der Waals surface area contributed by atoms with E-state index < -0.39 is 6.16 Å². The number of piperidine rings is 1. The lowest BCUT2D eigenvalue weighted by atomic mass is 10.2. The van der Waals surface area contributed by atoms with Gasteiger partial charge in [0.05, 0.1) is 12.6 Å². The Morgan fingerprint density at radius 1 is 1.33 bits per heavy atom. The average Bonchev–Trinajstić information content (AvgIpc) is 3.16. The molecule has 2 atom stereocenters. The van der Waals surface area contributed by atoms with Gasteiger partial charge in [-0.2, -0.15) is 0 Å². The molecule has 0 saturated carbocycles. The first-order valence-corrected chi connectivity index (χ1v) is 6.10. The van der Waals surface area contributed by atoms with E-state index in [0.717, 1.165) is 12.0 Å². The van der Waals surface area contributed by atoms with Crippen LogP contribution < -0.4 is 0 Å². The molecule has 2 heterocycles. The summed E-state index contributed by atoms with van der Waals surface area (Å²) >= 11 is 0. The summed E-state index contributed by atoms with van der Waals surface area (Å²) in [4.78, 5) is 16.6. The van der Waals surface area contributed by atoms with Gasteiger partial charge >= 0.3 is 6.16 Å². The average molecular weight is 249 g/mol. The zero-order valence-corrected chi connectivity index (χ0v) is 9.95. The van der Waals surface area contributed by atoms with Crippen LogP contribution in [0.2, 0.25) is 0 Å². The quantitative estimate of drug-likeness (QED) is 0.603. The Morgan fingerprint density at radius 2 is 2.17 bits per heavy atom. The van der Waals surface area contributed by atoms with E-state index in [1.165, 1.54) is 0 Å². The number of nitrogens with zero attached hydrogens (tertiary/aromatic N) is 1. The molecule has 0 bridgehead atoms. The number of ether oxygens (including phenoxy) is 2. The predicted molar refractivity (Wildman–Crippen MR) is 62.6 cm³/mol. The van der Waals surface area contributed by atoms with Crippen LogP contribution in [0.3, 0.4) is 0 Å². The first-order chi connectivity index (χ1) is 8.81. The molecule has 0 spiro atoms. The van der Waals surface area contributed by atoms with Crippen molar-refractivity contribution in [1.82, 2.24) is 5.06 Å². The third-order valence-electron chi connectivity index (χ3n) is 3.14. The maximum Gasteiger partial charge on any atom is 0.528 e. The number of hydrogen-bond acceptors (Lipinski definition) is 5. The van der Waals surface area contributed by atoms with Crippen molar-refractivity contribution in [2.75, 3.05) is 13.1 Å². The number of hydrogen-bond donors (Lipinski definition) is 0. The molecule has 5 nitrogen and oxygen atoms in total. The van der Waals surface area contributed by atoms with Crippen LogP contribution in [0.5, 0.6) is 0 Å². The first-order valence-electron chi connectivity index (χ1n) is 6.10. The van der Waals surface area contributed by atoms with E-state index in [0.29, 0.717) is 19.2 Å². The van der Waals surface area contributed by atoms with Crippen molar-refractivity contribution >= 4 is 6.16 Å². The highest BCUT2D eigenvalue weighted by Gasteiger charge is 2.44. The van der Waals surface area contributed by atoms with E-state index >= 15 is 0 Å². The molecule has 2 fully saturated rings. The molecule has 2 saturated heterocycles. The summed E-state index contributed by atoms with van der Waals surface area (Å²) in [5.41, 5.74) is 0.943. The largest absolute Gasteiger partial charge is 0.528 e. The van der Waals surface area contributed by atoms with Crippen molar-refractivity contribution in [3.05, 3.63) is 35.9 Å². The molecule has 96 valence electrons. The molecule has 0 amide bonds. The number of hydroxylamine groups is 2. The second kappa shape index (κ2) is 4.96. The molecule has 0 N–H and O–H groups in total. The first kappa shape index (κ1) is 11.5. The third-order valence-corrected chi connectivity index (χ3v) is 3.14. The lowest BCUT2D eigenvalue weighted by Gasteiger charge is -2.21. The number of carbonyl (C=O) groups excluding carboxylic acids is 1. The molecule has 0 aliphatic carbocycles. The SMILES string of the molecule is O=C(OCc1ccccc1)ON1CCC2OC2C1. The Bertz CT molecular complexity index is 422. The monoisotopic (exact) mass is 249 g/mol. The Morgan fingerprint density at radius 3 is 2.94 bits per heavy atom. The van der Waals surface area contributed by atoms with Crippen molar-refractivity contribution < 1.29 is 19.1 Å². The van der Waals surface area contributed by atoms with Crippen molar-refractivity contribution in [3.63, 3.8) is 0 Å². The van der Waals surface area contributed by atoms with E-state index in [2.05, 4.69) is 0 Å². The molecule has 2 unspecified atom stereocenters. The minimum Gasteiger partial charge on any atom is -0.428 e.